The first-order valence-electron chi connectivity index (χ1n) is 7.74. The van der Waals surface area contributed by atoms with Crippen molar-refractivity contribution in [2.75, 3.05) is 0 Å². The summed E-state index contributed by atoms with van der Waals surface area (Å²) in [6.45, 7) is 0.612. The quantitative estimate of drug-likeness (QED) is 0.738. The van der Waals surface area contributed by atoms with Crippen LogP contribution in [0.4, 0.5) is 0 Å². The smallest absolute Gasteiger partial charge is 0.170 e. The minimum absolute atomic E-state index is 0.0615. The summed E-state index contributed by atoms with van der Waals surface area (Å²) in [5.74, 6) is 0.855. The molecule has 0 aromatic carbocycles. The molecule has 4 rings (SSSR count). The van der Waals surface area contributed by atoms with Crippen LogP contribution >= 0.6 is 12.2 Å². The highest BCUT2D eigenvalue weighted by molar-refractivity contribution is 7.80. The summed E-state index contributed by atoms with van der Waals surface area (Å²) in [6, 6.07) is 15.5. The lowest BCUT2D eigenvalue weighted by atomic mass is 10.0. The average molecular weight is 336 g/mol. The lowest BCUT2D eigenvalue weighted by Gasteiger charge is -2.25. The van der Waals surface area contributed by atoms with Crippen LogP contribution in [0, 0.1) is 0 Å². The topological polar surface area (TPSA) is 54.2 Å². The van der Waals surface area contributed by atoms with Crippen LogP contribution in [0.15, 0.2) is 71.6 Å². The predicted octanol–water partition coefficient (Wildman–Crippen LogP) is 3.24. The van der Waals surface area contributed by atoms with Crippen molar-refractivity contribution in [3.05, 3.63) is 84.3 Å². The molecule has 0 aliphatic carbocycles. The van der Waals surface area contributed by atoms with Crippen molar-refractivity contribution < 1.29 is 4.42 Å². The number of pyridine rings is 2. The largest absolute Gasteiger partial charge is 0.467 e. The third-order valence-corrected chi connectivity index (χ3v) is 4.44. The summed E-state index contributed by atoms with van der Waals surface area (Å²) >= 11 is 5.59. The maximum Gasteiger partial charge on any atom is 0.170 e. The van der Waals surface area contributed by atoms with E-state index in [1.54, 1.807) is 18.7 Å². The van der Waals surface area contributed by atoms with Crippen LogP contribution in [-0.2, 0) is 6.54 Å². The summed E-state index contributed by atoms with van der Waals surface area (Å²) in [5, 5.41) is 4.06. The number of thiocarbonyl (C=S) groups is 1. The van der Waals surface area contributed by atoms with Crippen molar-refractivity contribution in [3.8, 4) is 0 Å². The average Bonchev–Trinajstić information content (AvgIpc) is 3.25. The van der Waals surface area contributed by atoms with Gasteiger partial charge in [-0.25, -0.2) is 0 Å². The van der Waals surface area contributed by atoms with Gasteiger partial charge in [0, 0.05) is 12.4 Å². The summed E-state index contributed by atoms with van der Waals surface area (Å²) in [5.41, 5.74) is 1.89. The Morgan fingerprint density at radius 3 is 2.54 bits per heavy atom. The normalized spacial score (nSPS) is 20.2. The fraction of sp³-hybridized carbons (Fsp3) is 0.167. The third-order valence-electron chi connectivity index (χ3n) is 4.09. The zero-order chi connectivity index (χ0) is 16.4. The van der Waals surface area contributed by atoms with E-state index < -0.39 is 0 Å². The number of aromatic nitrogens is 2. The molecule has 1 N–H and O–H groups in total. The SMILES string of the molecule is S=C1N[C@H](c2ccccn2)[C@@H](c2ccco2)N1Cc1ccccn1. The molecule has 1 fully saturated rings. The standard InChI is InChI=1S/C18H16N4OS/c24-18-21-16(14-7-2-4-10-20-14)17(15-8-5-11-23-15)22(18)12-13-6-1-3-9-19-13/h1-11,16-17H,12H2,(H,21,24)/t16-,17-/m1/s1. The van der Waals surface area contributed by atoms with E-state index in [-0.39, 0.29) is 12.1 Å². The molecular weight excluding hydrogens is 320 g/mol. The Morgan fingerprint density at radius 1 is 1.04 bits per heavy atom. The first-order valence-corrected chi connectivity index (χ1v) is 8.15. The third kappa shape index (κ3) is 2.76. The van der Waals surface area contributed by atoms with Gasteiger partial charge in [-0.05, 0) is 48.6 Å². The summed E-state index contributed by atoms with van der Waals surface area (Å²) < 4.78 is 5.70. The van der Waals surface area contributed by atoms with Crippen molar-refractivity contribution in [2.45, 2.75) is 18.6 Å². The fourth-order valence-corrected chi connectivity index (χ4v) is 3.32. The first kappa shape index (κ1) is 14.8. The fourth-order valence-electron chi connectivity index (χ4n) is 3.01. The molecule has 24 heavy (non-hydrogen) atoms. The van der Waals surface area contributed by atoms with Crippen LogP contribution < -0.4 is 5.32 Å². The van der Waals surface area contributed by atoms with Crippen LogP contribution in [-0.4, -0.2) is 20.0 Å². The van der Waals surface area contributed by atoms with Gasteiger partial charge in [0.2, 0.25) is 0 Å². The maximum absolute atomic E-state index is 5.70. The van der Waals surface area contributed by atoms with Crippen LogP contribution in [0.5, 0.6) is 0 Å². The van der Waals surface area contributed by atoms with Gasteiger partial charge < -0.3 is 14.6 Å². The van der Waals surface area contributed by atoms with E-state index in [2.05, 4.69) is 20.2 Å². The molecule has 0 saturated carbocycles. The molecule has 0 bridgehead atoms. The van der Waals surface area contributed by atoms with Crippen molar-refractivity contribution in [1.82, 2.24) is 20.2 Å². The van der Waals surface area contributed by atoms with Crippen LogP contribution in [0.2, 0.25) is 0 Å². The highest BCUT2D eigenvalue weighted by Gasteiger charge is 2.41. The first-order chi connectivity index (χ1) is 11.8. The Morgan fingerprint density at radius 2 is 1.88 bits per heavy atom. The van der Waals surface area contributed by atoms with E-state index in [1.165, 1.54) is 0 Å². The van der Waals surface area contributed by atoms with Gasteiger partial charge in [0.1, 0.15) is 11.8 Å². The highest BCUT2D eigenvalue weighted by Crippen LogP contribution is 2.39. The van der Waals surface area contributed by atoms with Crippen molar-refractivity contribution in [1.29, 1.82) is 0 Å². The van der Waals surface area contributed by atoms with E-state index in [1.807, 2.05) is 48.5 Å². The van der Waals surface area contributed by atoms with Gasteiger partial charge in [-0.15, -0.1) is 0 Å². The van der Waals surface area contributed by atoms with Gasteiger partial charge in [0.15, 0.2) is 5.11 Å². The molecule has 0 amide bonds. The van der Waals surface area contributed by atoms with E-state index in [4.69, 9.17) is 16.6 Å². The molecule has 0 spiro atoms. The second-order valence-electron chi connectivity index (χ2n) is 5.59. The Kier molecular flexibility index (Phi) is 3.96. The number of hydrogen-bond donors (Lipinski definition) is 1. The van der Waals surface area contributed by atoms with Gasteiger partial charge in [-0.2, -0.15) is 0 Å². The van der Waals surface area contributed by atoms with Crippen LogP contribution in [0.3, 0.4) is 0 Å². The molecule has 2 atom stereocenters. The highest BCUT2D eigenvalue weighted by atomic mass is 32.1. The molecule has 5 nitrogen and oxygen atoms in total. The van der Waals surface area contributed by atoms with E-state index in [0.717, 1.165) is 17.1 Å². The minimum atomic E-state index is -0.0654. The van der Waals surface area contributed by atoms with Crippen molar-refractivity contribution >= 4 is 17.3 Å². The molecule has 0 radical (unpaired) electrons. The summed E-state index contributed by atoms with van der Waals surface area (Å²) in [4.78, 5) is 11.0. The molecule has 1 aliphatic heterocycles. The van der Waals surface area contributed by atoms with Gasteiger partial charge in [0.25, 0.3) is 0 Å². The monoisotopic (exact) mass is 336 g/mol. The Balaban J connectivity index is 1.71. The molecule has 3 aromatic rings. The summed E-state index contributed by atoms with van der Waals surface area (Å²) in [7, 11) is 0. The molecule has 1 aliphatic rings. The number of nitrogens with zero attached hydrogens (tertiary/aromatic N) is 3. The van der Waals surface area contributed by atoms with Crippen molar-refractivity contribution in [3.63, 3.8) is 0 Å². The lowest BCUT2D eigenvalue weighted by molar-refractivity contribution is 0.265. The zero-order valence-electron chi connectivity index (χ0n) is 12.9. The Labute approximate surface area is 145 Å². The van der Waals surface area contributed by atoms with E-state index >= 15 is 0 Å². The second-order valence-corrected chi connectivity index (χ2v) is 5.98. The maximum atomic E-state index is 5.70. The van der Waals surface area contributed by atoms with E-state index in [0.29, 0.717) is 11.7 Å². The lowest BCUT2D eigenvalue weighted by Crippen LogP contribution is -2.29. The number of rotatable bonds is 4. The van der Waals surface area contributed by atoms with E-state index in [9.17, 15) is 0 Å². The molecule has 4 heterocycles. The number of nitrogens with one attached hydrogen (secondary N) is 1. The zero-order valence-corrected chi connectivity index (χ0v) is 13.7. The predicted molar refractivity (Wildman–Crippen MR) is 93.9 cm³/mol. The molecule has 0 unspecified atom stereocenters. The van der Waals surface area contributed by atoms with Gasteiger partial charge in [-0.1, -0.05) is 12.1 Å². The Hall–Kier alpha value is -2.73. The molecule has 120 valence electrons. The number of furan rings is 1. The summed E-state index contributed by atoms with van der Waals surface area (Å²) in [6.07, 6.45) is 5.27. The minimum Gasteiger partial charge on any atom is -0.467 e. The molecular formula is C18H16N4OS. The van der Waals surface area contributed by atoms with Crippen LogP contribution in [0.1, 0.15) is 29.2 Å². The molecule has 3 aromatic heterocycles. The molecule has 6 heteroatoms. The molecule has 1 saturated heterocycles. The Bertz CT molecular complexity index is 808. The van der Waals surface area contributed by atoms with Crippen molar-refractivity contribution in [2.24, 2.45) is 0 Å². The van der Waals surface area contributed by atoms with Crippen LogP contribution in [0.25, 0.3) is 0 Å². The second kappa shape index (κ2) is 6.41. The van der Waals surface area contributed by atoms with Gasteiger partial charge in [0.05, 0.1) is 30.2 Å². The van der Waals surface area contributed by atoms with Gasteiger partial charge >= 0.3 is 0 Å². The number of hydrogen-bond acceptors (Lipinski definition) is 4. The van der Waals surface area contributed by atoms with Gasteiger partial charge in [-0.3, -0.25) is 9.97 Å².